The number of allylic oxidation sites excluding steroid dienone is 3. The zero-order valence-electron chi connectivity index (χ0n) is 14.5. The van der Waals surface area contributed by atoms with Crippen LogP contribution in [0.1, 0.15) is 13.3 Å². The Labute approximate surface area is 182 Å². The van der Waals surface area contributed by atoms with E-state index >= 15 is 0 Å². The Bertz CT molecular complexity index is 884. The number of halogens is 3. The molecule has 28 heavy (non-hydrogen) atoms. The third kappa shape index (κ3) is 6.46. The van der Waals surface area contributed by atoms with E-state index in [1.807, 2.05) is 6.08 Å². The van der Waals surface area contributed by atoms with Crippen molar-refractivity contribution in [2.45, 2.75) is 23.8 Å². The fourth-order valence-corrected chi connectivity index (χ4v) is 2.70. The summed E-state index contributed by atoms with van der Waals surface area (Å²) in [6.07, 6.45) is 7.80. The number of alkyl halides is 2. The maximum atomic E-state index is 12.6. The van der Waals surface area contributed by atoms with Gasteiger partial charge in [-0.3, -0.25) is 4.79 Å². The first-order chi connectivity index (χ1) is 13.2. The average Bonchev–Trinajstić information content (AvgIpc) is 2.62. The number of rotatable bonds is 5. The molecule has 146 valence electrons. The van der Waals surface area contributed by atoms with Crippen LogP contribution in [0, 0.1) is 11.5 Å². The minimum absolute atomic E-state index is 0.00421. The molecule has 3 N–H and O–H groups in total. The van der Waals surface area contributed by atoms with Crippen LogP contribution in [0.25, 0.3) is 0 Å². The number of guanidine groups is 1. The van der Waals surface area contributed by atoms with Crippen molar-refractivity contribution in [1.29, 1.82) is 5.26 Å². The number of amides is 1. The molecule has 0 fully saturated rings. The molecule has 1 aromatic heterocycles. The number of nitrogens with one attached hydrogen (secondary N) is 3. The predicted octanol–water partition coefficient (Wildman–Crippen LogP) is 3.47. The van der Waals surface area contributed by atoms with Gasteiger partial charge in [-0.05, 0) is 25.1 Å². The van der Waals surface area contributed by atoms with Crippen LogP contribution in [0.2, 0.25) is 5.15 Å². The Kier molecular flexibility index (Phi) is 7.78. The first kappa shape index (κ1) is 22.1. The van der Waals surface area contributed by atoms with E-state index in [0.29, 0.717) is 27.7 Å². The number of thiocarbonyl (C=S) groups is 1. The molecule has 1 aliphatic carbocycles. The lowest BCUT2D eigenvalue weighted by atomic mass is 10.0. The Morgan fingerprint density at radius 1 is 1.43 bits per heavy atom. The summed E-state index contributed by atoms with van der Waals surface area (Å²) >= 11 is 23.4. The highest BCUT2D eigenvalue weighted by molar-refractivity contribution is 7.81. The number of hydrogen-bond donors (Lipinski definition) is 3. The fraction of sp³-hybridized carbons (Fsp3) is 0.235. The highest BCUT2D eigenvalue weighted by Gasteiger charge is 2.33. The van der Waals surface area contributed by atoms with E-state index in [1.54, 1.807) is 30.5 Å². The molecule has 0 aliphatic heterocycles. The van der Waals surface area contributed by atoms with Crippen molar-refractivity contribution in [2.75, 3.05) is 5.32 Å². The van der Waals surface area contributed by atoms with Crippen molar-refractivity contribution in [2.24, 2.45) is 4.99 Å². The number of pyridine rings is 1. The minimum atomic E-state index is -1.45. The van der Waals surface area contributed by atoms with Crippen molar-refractivity contribution in [3.63, 3.8) is 0 Å². The van der Waals surface area contributed by atoms with Crippen LogP contribution in [0.4, 0.5) is 5.69 Å². The number of aromatic nitrogens is 1. The van der Waals surface area contributed by atoms with Crippen molar-refractivity contribution >= 4 is 69.4 Å². The van der Waals surface area contributed by atoms with Crippen LogP contribution in [0.15, 0.2) is 47.1 Å². The fourth-order valence-electron chi connectivity index (χ4n) is 2.11. The molecule has 1 aliphatic rings. The Hall–Kier alpha value is -2.18. The van der Waals surface area contributed by atoms with E-state index in [2.05, 4.69) is 25.9 Å². The summed E-state index contributed by atoms with van der Waals surface area (Å²) in [5.41, 5.74) is 0.846. The second-order valence-corrected chi connectivity index (χ2v) is 8.34. The summed E-state index contributed by atoms with van der Waals surface area (Å²) in [5.74, 6) is -0.451. The standard InChI is InChI=1S/C17H15Cl3N6OS/c1-17(19,20)15(25-14(27)11-4-2-3-5-12(11)28)26-16(23-9-21)24-10-6-7-13(18)22-8-10/h2-4,6-8,15H,5H2,1H3,(H,25,27)(H2,23,24,26). The summed E-state index contributed by atoms with van der Waals surface area (Å²) < 4.78 is -1.45. The lowest BCUT2D eigenvalue weighted by Gasteiger charge is -2.30. The number of nitrogens with zero attached hydrogens (tertiary/aromatic N) is 3. The molecule has 1 amide bonds. The van der Waals surface area contributed by atoms with Crippen molar-refractivity contribution in [1.82, 2.24) is 15.6 Å². The second kappa shape index (κ2) is 9.85. The van der Waals surface area contributed by atoms with Gasteiger partial charge in [0.15, 0.2) is 4.33 Å². The molecule has 0 radical (unpaired) electrons. The molecule has 0 saturated carbocycles. The van der Waals surface area contributed by atoms with Crippen molar-refractivity contribution in [3.05, 3.63) is 47.3 Å². The van der Waals surface area contributed by atoms with E-state index < -0.39 is 16.4 Å². The van der Waals surface area contributed by atoms with E-state index in [9.17, 15) is 4.79 Å². The monoisotopic (exact) mass is 456 g/mol. The van der Waals surface area contributed by atoms with Gasteiger partial charge in [0.25, 0.3) is 5.91 Å². The third-order valence-electron chi connectivity index (χ3n) is 3.46. The van der Waals surface area contributed by atoms with E-state index in [0.717, 1.165) is 0 Å². The summed E-state index contributed by atoms with van der Waals surface area (Å²) in [7, 11) is 0. The summed E-state index contributed by atoms with van der Waals surface area (Å²) in [6, 6.07) is 3.19. The van der Waals surface area contributed by atoms with Crippen molar-refractivity contribution < 1.29 is 4.79 Å². The number of nitriles is 1. The average molecular weight is 458 g/mol. The topological polar surface area (TPSA) is 102 Å². The van der Waals surface area contributed by atoms with E-state index in [1.165, 1.54) is 13.1 Å². The predicted molar refractivity (Wildman–Crippen MR) is 116 cm³/mol. The lowest BCUT2D eigenvalue weighted by molar-refractivity contribution is -0.117. The highest BCUT2D eigenvalue weighted by Crippen LogP contribution is 2.24. The Balaban J connectivity index is 2.18. The minimum Gasteiger partial charge on any atom is -0.332 e. The van der Waals surface area contributed by atoms with Gasteiger partial charge in [-0.25, -0.2) is 4.98 Å². The smallest absolute Gasteiger partial charge is 0.254 e. The molecule has 0 saturated heterocycles. The number of aliphatic imine (C=N–C) groups is 1. The van der Waals surface area contributed by atoms with Gasteiger partial charge in [-0.2, -0.15) is 5.26 Å². The second-order valence-electron chi connectivity index (χ2n) is 5.70. The van der Waals surface area contributed by atoms with Crippen LogP contribution in [-0.4, -0.2) is 32.2 Å². The largest absolute Gasteiger partial charge is 0.332 e. The van der Waals surface area contributed by atoms with Gasteiger partial charge >= 0.3 is 0 Å². The zero-order chi connectivity index (χ0) is 20.7. The van der Waals surface area contributed by atoms with Crippen LogP contribution in [-0.2, 0) is 4.79 Å². The van der Waals surface area contributed by atoms with Gasteiger partial charge in [-0.15, -0.1) is 4.99 Å². The Morgan fingerprint density at radius 2 is 2.18 bits per heavy atom. The van der Waals surface area contributed by atoms with Crippen molar-refractivity contribution in [3.8, 4) is 6.19 Å². The number of carbonyl (C=O) groups excluding carboxylic acids is 1. The molecule has 1 unspecified atom stereocenters. The quantitative estimate of drug-likeness (QED) is 0.119. The lowest BCUT2D eigenvalue weighted by Crippen LogP contribution is -2.58. The number of carbonyl (C=O) groups is 1. The molecule has 0 spiro atoms. The normalized spacial score (nSPS) is 15.3. The molecule has 0 bridgehead atoms. The third-order valence-corrected chi connectivity index (χ3v) is 4.51. The zero-order valence-corrected chi connectivity index (χ0v) is 17.6. The summed E-state index contributed by atoms with van der Waals surface area (Å²) in [5, 5.41) is 17.6. The molecule has 0 aromatic carbocycles. The van der Waals surface area contributed by atoms with Crippen LogP contribution in [0.3, 0.4) is 0 Å². The van der Waals surface area contributed by atoms with Gasteiger partial charge in [-0.1, -0.05) is 59.2 Å². The van der Waals surface area contributed by atoms with E-state index in [4.69, 9.17) is 52.3 Å². The molecule has 7 nitrogen and oxygen atoms in total. The van der Waals surface area contributed by atoms with Gasteiger partial charge in [0, 0.05) is 11.3 Å². The first-order valence-electron chi connectivity index (χ1n) is 7.91. The maximum absolute atomic E-state index is 12.6. The molecule has 1 heterocycles. The van der Waals surface area contributed by atoms with Gasteiger partial charge in [0.2, 0.25) is 12.2 Å². The van der Waals surface area contributed by atoms with Gasteiger partial charge < -0.3 is 16.0 Å². The van der Waals surface area contributed by atoms with Gasteiger partial charge in [0.1, 0.15) is 11.3 Å². The van der Waals surface area contributed by atoms with Crippen LogP contribution < -0.4 is 16.0 Å². The number of anilines is 1. The molecular formula is C17H15Cl3N6OS. The maximum Gasteiger partial charge on any atom is 0.254 e. The van der Waals surface area contributed by atoms with E-state index in [-0.39, 0.29) is 5.96 Å². The van der Waals surface area contributed by atoms with Crippen LogP contribution >= 0.6 is 47.0 Å². The molecule has 2 rings (SSSR count). The Morgan fingerprint density at radius 3 is 2.75 bits per heavy atom. The first-order valence-corrected chi connectivity index (χ1v) is 9.45. The summed E-state index contributed by atoms with van der Waals surface area (Å²) in [4.78, 5) is 20.7. The van der Waals surface area contributed by atoms with Gasteiger partial charge in [0.05, 0.1) is 17.5 Å². The molecule has 1 atom stereocenters. The molecule has 1 aromatic rings. The highest BCUT2D eigenvalue weighted by atomic mass is 35.5. The molecular weight excluding hydrogens is 443 g/mol. The summed E-state index contributed by atoms with van der Waals surface area (Å²) in [6.45, 7) is 1.48. The molecule has 11 heteroatoms. The number of hydrogen-bond acceptors (Lipinski definition) is 5. The SMILES string of the molecule is CC(Cl)(Cl)C(NC(=O)C1=CC=CCC1=S)NC(=NC#N)Nc1ccc(Cl)nc1. The van der Waals surface area contributed by atoms with Crippen LogP contribution in [0.5, 0.6) is 0 Å².